The van der Waals surface area contributed by atoms with Gasteiger partial charge in [0, 0.05) is 13.1 Å². The van der Waals surface area contributed by atoms with Crippen molar-refractivity contribution in [2.45, 2.75) is 12.6 Å². The van der Waals surface area contributed by atoms with Crippen molar-refractivity contribution < 1.29 is 23.7 Å². The van der Waals surface area contributed by atoms with E-state index in [1.54, 1.807) is 19.2 Å². The van der Waals surface area contributed by atoms with Gasteiger partial charge in [-0.3, -0.25) is 0 Å². The van der Waals surface area contributed by atoms with Gasteiger partial charge in [-0.1, -0.05) is 12.1 Å². The van der Waals surface area contributed by atoms with Crippen LogP contribution in [0.5, 0.6) is 17.2 Å². The number of halogens is 1. The standard InChI is InChI=1S/C17H18FNO4/c1-21-15-5-11(6-16-17(15)23-10-22-16)8-19-9-14(20)12-3-2-4-13(18)7-12/h2-7,14,19-20H,8-10H2,1H3/t14-/m1/s1. The largest absolute Gasteiger partial charge is 0.493 e. The minimum atomic E-state index is -0.776. The van der Waals surface area contributed by atoms with E-state index in [9.17, 15) is 9.50 Å². The number of fused-ring (bicyclic) bond motifs is 1. The lowest BCUT2D eigenvalue weighted by atomic mass is 10.1. The van der Waals surface area contributed by atoms with Crippen LogP contribution in [0.4, 0.5) is 4.39 Å². The highest BCUT2D eigenvalue weighted by molar-refractivity contribution is 5.55. The van der Waals surface area contributed by atoms with E-state index in [4.69, 9.17) is 14.2 Å². The normalized spacial score (nSPS) is 13.9. The average Bonchev–Trinajstić information content (AvgIpc) is 3.02. The zero-order valence-corrected chi connectivity index (χ0v) is 12.7. The number of rotatable bonds is 6. The van der Waals surface area contributed by atoms with Crippen LogP contribution in [0.15, 0.2) is 36.4 Å². The summed E-state index contributed by atoms with van der Waals surface area (Å²) in [6.45, 7) is 1.00. The molecule has 0 fully saturated rings. The van der Waals surface area contributed by atoms with E-state index in [1.807, 2.05) is 12.1 Å². The highest BCUT2D eigenvalue weighted by Crippen LogP contribution is 2.41. The van der Waals surface area contributed by atoms with Crippen LogP contribution in [-0.4, -0.2) is 25.6 Å². The number of methoxy groups -OCH3 is 1. The molecular weight excluding hydrogens is 301 g/mol. The Labute approximate surface area is 133 Å². The van der Waals surface area contributed by atoms with Crippen LogP contribution in [-0.2, 0) is 6.54 Å². The first-order valence-electron chi connectivity index (χ1n) is 7.28. The summed E-state index contributed by atoms with van der Waals surface area (Å²) in [4.78, 5) is 0. The van der Waals surface area contributed by atoms with Crippen LogP contribution in [0.3, 0.4) is 0 Å². The summed E-state index contributed by atoms with van der Waals surface area (Å²) in [7, 11) is 1.57. The van der Waals surface area contributed by atoms with Crippen LogP contribution in [0.2, 0.25) is 0 Å². The molecule has 2 aromatic carbocycles. The first-order valence-corrected chi connectivity index (χ1v) is 7.28. The van der Waals surface area contributed by atoms with E-state index >= 15 is 0 Å². The maximum Gasteiger partial charge on any atom is 0.231 e. The fraction of sp³-hybridized carbons (Fsp3) is 0.294. The first-order chi connectivity index (χ1) is 11.2. The molecule has 0 radical (unpaired) electrons. The molecule has 23 heavy (non-hydrogen) atoms. The number of hydrogen-bond acceptors (Lipinski definition) is 5. The Kier molecular flexibility index (Phi) is 4.64. The topological polar surface area (TPSA) is 60.0 Å². The molecule has 1 aliphatic rings. The second-order valence-corrected chi connectivity index (χ2v) is 5.23. The molecule has 122 valence electrons. The zero-order chi connectivity index (χ0) is 16.2. The molecule has 3 rings (SSSR count). The number of aliphatic hydroxyl groups is 1. The van der Waals surface area contributed by atoms with Gasteiger partial charge in [0.1, 0.15) is 5.82 Å². The van der Waals surface area contributed by atoms with Gasteiger partial charge in [0.25, 0.3) is 0 Å². The van der Waals surface area contributed by atoms with Gasteiger partial charge in [0.2, 0.25) is 12.5 Å². The van der Waals surface area contributed by atoms with Crippen molar-refractivity contribution in [2.24, 2.45) is 0 Å². The number of benzene rings is 2. The van der Waals surface area contributed by atoms with E-state index in [1.165, 1.54) is 12.1 Å². The Morgan fingerprint density at radius 2 is 2.17 bits per heavy atom. The van der Waals surface area contributed by atoms with E-state index < -0.39 is 6.10 Å². The fourth-order valence-electron chi connectivity index (χ4n) is 2.47. The van der Waals surface area contributed by atoms with Crippen molar-refractivity contribution in [3.63, 3.8) is 0 Å². The van der Waals surface area contributed by atoms with E-state index in [0.29, 0.717) is 35.9 Å². The van der Waals surface area contributed by atoms with Gasteiger partial charge in [-0.2, -0.15) is 0 Å². The van der Waals surface area contributed by atoms with Crippen molar-refractivity contribution >= 4 is 0 Å². The Morgan fingerprint density at radius 3 is 2.96 bits per heavy atom. The van der Waals surface area contributed by atoms with Crippen LogP contribution in [0, 0.1) is 5.82 Å². The maximum atomic E-state index is 13.2. The van der Waals surface area contributed by atoms with Gasteiger partial charge < -0.3 is 24.6 Å². The molecule has 0 bridgehead atoms. The highest BCUT2D eigenvalue weighted by atomic mass is 19.1. The van der Waals surface area contributed by atoms with Crippen LogP contribution >= 0.6 is 0 Å². The highest BCUT2D eigenvalue weighted by Gasteiger charge is 2.20. The van der Waals surface area contributed by atoms with Crippen LogP contribution in [0.25, 0.3) is 0 Å². The predicted octanol–water partition coefficient (Wildman–Crippen LogP) is 2.39. The third-order valence-corrected chi connectivity index (χ3v) is 3.62. The number of aliphatic hydroxyl groups excluding tert-OH is 1. The molecule has 0 aliphatic carbocycles. The summed E-state index contributed by atoms with van der Waals surface area (Å²) in [6, 6.07) is 9.68. The maximum absolute atomic E-state index is 13.2. The lowest BCUT2D eigenvalue weighted by Crippen LogP contribution is -2.21. The van der Waals surface area contributed by atoms with Crippen molar-refractivity contribution in [3.05, 3.63) is 53.3 Å². The molecule has 1 atom stereocenters. The average molecular weight is 319 g/mol. The van der Waals surface area contributed by atoms with E-state index in [2.05, 4.69) is 5.32 Å². The van der Waals surface area contributed by atoms with Crippen LogP contribution in [0.1, 0.15) is 17.2 Å². The van der Waals surface area contributed by atoms with Gasteiger partial charge >= 0.3 is 0 Å². The minimum Gasteiger partial charge on any atom is -0.493 e. The summed E-state index contributed by atoms with van der Waals surface area (Å²) in [6.07, 6.45) is -0.776. The summed E-state index contributed by atoms with van der Waals surface area (Å²) in [5.41, 5.74) is 1.48. The molecule has 0 saturated carbocycles. The smallest absolute Gasteiger partial charge is 0.231 e. The Balaban J connectivity index is 1.61. The van der Waals surface area contributed by atoms with Crippen molar-refractivity contribution in [1.29, 1.82) is 0 Å². The molecule has 0 unspecified atom stereocenters. The lowest BCUT2D eigenvalue weighted by molar-refractivity contribution is 0.171. The van der Waals surface area contributed by atoms with Gasteiger partial charge in [0.15, 0.2) is 11.5 Å². The Bertz CT molecular complexity index is 692. The molecule has 0 spiro atoms. The fourth-order valence-corrected chi connectivity index (χ4v) is 2.47. The number of nitrogens with one attached hydrogen (secondary N) is 1. The number of ether oxygens (including phenoxy) is 3. The predicted molar refractivity (Wildman–Crippen MR) is 82.2 cm³/mol. The van der Waals surface area contributed by atoms with Gasteiger partial charge in [-0.15, -0.1) is 0 Å². The van der Waals surface area contributed by atoms with Crippen molar-refractivity contribution in [1.82, 2.24) is 5.32 Å². The third kappa shape index (κ3) is 3.55. The molecule has 1 aliphatic heterocycles. The molecule has 2 aromatic rings. The Hall–Kier alpha value is -2.31. The van der Waals surface area contributed by atoms with Crippen molar-refractivity contribution in [3.8, 4) is 17.2 Å². The monoisotopic (exact) mass is 319 g/mol. The van der Waals surface area contributed by atoms with E-state index in [0.717, 1.165) is 5.56 Å². The first kappa shape index (κ1) is 15.6. The molecule has 2 N–H and O–H groups in total. The van der Waals surface area contributed by atoms with Gasteiger partial charge in [0.05, 0.1) is 13.2 Å². The number of hydrogen-bond donors (Lipinski definition) is 2. The second-order valence-electron chi connectivity index (χ2n) is 5.23. The molecule has 0 saturated heterocycles. The SMILES string of the molecule is COc1cc(CNC[C@@H](O)c2cccc(F)c2)cc2c1OCO2. The van der Waals surface area contributed by atoms with Gasteiger partial charge in [-0.05, 0) is 35.4 Å². The van der Waals surface area contributed by atoms with E-state index in [-0.39, 0.29) is 12.6 Å². The molecular formula is C17H18FNO4. The minimum absolute atomic E-state index is 0.181. The lowest BCUT2D eigenvalue weighted by Gasteiger charge is -2.13. The molecule has 0 aromatic heterocycles. The summed E-state index contributed by atoms with van der Waals surface area (Å²) in [5.74, 6) is 1.51. The molecule has 5 nitrogen and oxygen atoms in total. The quantitative estimate of drug-likeness (QED) is 0.856. The van der Waals surface area contributed by atoms with Gasteiger partial charge in [-0.25, -0.2) is 4.39 Å². The molecule has 0 amide bonds. The second kappa shape index (κ2) is 6.85. The summed E-state index contributed by atoms with van der Waals surface area (Å²) >= 11 is 0. The zero-order valence-electron chi connectivity index (χ0n) is 12.7. The Morgan fingerprint density at radius 1 is 1.30 bits per heavy atom. The molecule has 1 heterocycles. The summed E-state index contributed by atoms with van der Waals surface area (Å²) < 4.78 is 29.2. The van der Waals surface area contributed by atoms with Crippen molar-refractivity contribution in [2.75, 3.05) is 20.4 Å². The third-order valence-electron chi connectivity index (χ3n) is 3.62. The molecule has 6 heteroatoms. The van der Waals surface area contributed by atoms with Crippen LogP contribution < -0.4 is 19.5 Å². The summed E-state index contributed by atoms with van der Waals surface area (Å²) in [5, 5.41) is 13.2.